The van der Waals surface area contributed by atoms with E-state index in [-0.39, 0.29) is 25.9 Å². The third-order valence-electron chi connectivity index (χ3n) is 11.6. The predicted molar refractivity (Wildman–Crippen MR) is 316 cm³/mol. The van der Waals surface area contributed by atoms with E-state index in [9.17, 15) is 28.9 Å². The number of carbonyl (C=O) groups excluding carboxylic acids is 3. The molecule has 76 heavy (non-hydrogen) atoms. The average Bonchev–Trinajstić information content (AvgIpc) is 3.41. The molecule has 0 saturated carbocycles. The highest BCUT2D eigenvalue weighted by Gasteiger charge is 2.28. The summed E-state index contributed by atoms with van der Waals surface area (Å²) in [6.45, 7) is 4.23. The molecular weight excluding hydrogens is 976 g/mol. The molecule has 0 spiro atoms. The average molecular weight is 1080 g/mol. The summed E-state index contributed by atoms with van der Waals surface area (Å²) < 4.78 is 39.4. The van der Waals surface area contributed by atoms with Gasteiger partial charge in [-0.2, -0.15) is 0 Å². The number of phosphoric acid groups is 1. The van der Waals surface area contributed by atoms with Crippen LogP contribution in [0.4, 0.5) is 0 Å². The van der Waals surface area contributed by atoms with Crippen LogP contribution in [0.1, 0.15) is 213 Å². The van der Waals surface area contributed by atoms with Gasteiger partial charge in [0.05, 0.1) is 26.2 Å². The first-order valence-corrected chi connectivity index (χ1v) is 30.6. The van der Waals surface area contributed by atoms with E-state index in [0.717, 1.165) is 128 Å². The van der Waals surface area contributed by atoms with Crippen LogP contribution in [0.3, 0.4) is 0 Å². The summed E-state index contributed by atoms with van der Waals surface area (Å²) in [6.07, 6.45) is 71.5. The fourth-order valence-corrected chi connectivity index (χ4v) is 8.00. The maximum Gasteiger partial charge on any atom is 0.472 e. The Kier molecular flexibility index (Phi) is 53.5. The van der Waals surface area contributed by atoms with Crippen molar-refractivity contribution in [3.05, 3.63) is 134 Å². The van der Waals surface area contributed by atoms with Crippen molar-refractivity contribution in [3.8, 4) is 0 Å². The molecule has 2 N–H and O–H groups in total. The molecule has 430 valence electrons. The standard InChI is InChI=1S/C64H103O11P/c1-4-7-10-13-16-19-22-25-28-29-30-31-34-37-40-43-46-49-52-55-64(68)75-61(57-71-62(66)53-50-47-44-41-38-35-32-26-23-20-17-14-11-8-5-2)59-73-76(69,70)72-58-60(56-65)74-63(67)54-51-48-45-42-39-36-33-27-24-21-18-15-12-9-6-3/h8-9,11-12,16-21,25-28,30-33,39,42,48,51,60-61,65H,4-7,10,13-15,22-24,29,34-38,40-41,43-47,49-50,52-59H2,1-3H3,(H,69,70)/b11-8-,12-9-,19-16-,20-17-,21-18-,28-25-,31-30-,32-26-,33-27-,42-39-,51-48-. The number of allylic oxidation sites excluding steroid dienone is 21. The van der Waals surface area contributed by atoms with Gasteiger partial charge in [0.25, 0.3) is 0 Å². The number of esters is 3. The highest BCUT2D eigenvalue weighted by Crippen LogP contribution is 2.43. The normalized spacial score (nSPS) is 14.3. The Bertz CT molecular complexity index is 1780. The van der Waals surface area contributed by atoms with Gasteiger partial charge in [0.1, 0.15) is 12.7 Å². The first kappa shape index (κ1) is 71.6. The van der Waals surface area contributed by atoms with Crippen molar-refractivity contribution < 1.29 is 52.2 Å². The second-order valence-electron chi connectivity index (χ2n) is 18.7. The van der Waals surface area contributed by atoms with E-state index < -0.39 is 57.8 Å². The Balaban J connectivity index is 4.87. The molecule has 3 unspecified atom stereocenters. The number of unbranched alkanes of at least 4 members (excludes halogenated alkanes) is 14. The third-order valence-corrected chi connectivity index (χ3v) is 12.5. The summed E-state index contributed by atoms with van der Waals surface area (Å²) >= 11 is 0. The molecule has 12 heteroatoms. The van der Waals surface area contributed by atoms with Gasteiger partial charge >= 0.3 is 25.7 Å². The van der Waals surface area contributed by atoms with Crippen LogP contribution in [0.15, 0.2) is 134 Å². The van der Waals surface area contributed by atoms with Gasteiger partial charge in [-0.1, -0.05) is 212 Å². The van der Waals surface area contributed by atoms with Gasteiger partial charge in [-0.15, -0.1) is 0 Å². The molecule has 0 bridgehead atoms. The smallest absolute Gasteiger partial charge is 0.462 e. The third kappa shape index (κ3) is 54.4. The SMILES string of the molecule is CC/C=C\C/C=C\C/C=C\C/C=C\C/C=C\CC(=O)OC(CO)COP(=O)(O)OCC(COC(=O)CCCCCCC/C=C\C/C=C\C/C=C\CC)OC(=O)CCCCCCCC/C=C\C/C=C\C/C=C\CCCCC. The second kappa shape index (κ2) is 56.8. The predicted octanol–water partition coefficient (Wildman–Crippen LogP) is 17.4. The zero-order chi connectivity index (χ0) is 55.5. The lowest BCUT2D eigenvalue weighted by Crippen LogP contribution is -2.30. The lowest BCUT2D eigenvalue weighted by Gasteiger charge is -2.21. The number of phosphoric ester groups is 1. The quantitative estimate of drug-likeness (QED) is 0.0197. The minimum Gasteiger partial charge on any atom is -0.462 e. The van der Waals surface area contributed by atoms with Crippen molar-refractivity contribution in [2.75, 3.05) is 26.4 Å². The molecule has 0 saturated heterocycles. The summed E-state index contributed by atoms with van der Waals surface area (Å²) in [4.78, 5) is 48.5. The highest BCUT2D eigenvalue weighted by molar-refractivity contribution is 7.47. The van der Waals surface area contributed by atoms with Crippen LogP contribution < -0.4 is 0 Å². The molecule has 0 amide bonds. The minimum absolute atomic E-state index is 0.0638. The topological polar surface area (TPSA) is 155 Å². The zero-order valence-corrected chi connectivity index (χ0v) is 48.3. The monoisotopic (exact) mass is 1080 g/mol. The van der Waals surface area contributed by atoms with Crippen molar-refractivity contribution in [2.45, 2.75) is 226 Å². The second-order valence-corrected chi connectivity index (χ2v) is 20.2. The largest absolute Gasteiger partial charge is 0.472 e. The van der Waals surface area contributed by atoms with Crippen molar-refractivity contribution in [3.63, 3.8) is 0 Å². The van der Waals surface area contributed by atoms with Gasteiger partial charge in [-0.3, -0.25) is 23.4 Å². The number of aliphatic hydroxyl groups is 1. The van der Waals surface area contributed by atoms with Crippen LogP contribution in [-0.2, 0) is 42.2 Å². The number of hydrogen-bond donors (Lipinski definition) is 2. The lowest BCUT2D eigenvalue weighted by molar-refractivity contribution is -0.161. The van der Waals surface area contributed by atoms with Crippen LogP contribution in [-0.4, -0.2) is 66.5 Å². The Morgan fingerprint density at radius 1 is 0.395 bits per heavy atom. The molecule has 0 radical (unpaired) electrons. The van der Waals surface area contributed by atoms with E-state index in [2.05, 4.69) is 130 Å². The molecule has 11 nitrogen and oxygen atoms in total. The van der Waals surface area contributed by atoms with E-state index in [4.69, 9.17) is 23.3 Å². The first-order valence-electron chi connectivity index (χ1n) is 29.1. The van der Waals surface area contributed by atoms with E-state index in [1.165, 1.54) is 25.7 Å². The van der Waals surface area contributed by atoms with Crippen LogP contribution in [0.5, 0.6) is 0 Å². The van der Waals surface area contributed by atoms with Crippen molar-refractivity contribution >= 4 is 25.7 Å². The molecule has 0 aromatic carbocycles. The minimum atomic E-state index is -4.79. The van der Waals surface area contributed by atoms with Crippen molar-refractivity contribution in [2.24, 2.45) is 0 Å². The maximum atomic E-state index is 12.9. The van der Waals surface area contributed by atoms with Gasteiger partial charge in [0, 0.05) is 12.8 Å². The van der Waals surface area contributed by atoms with Gasteiger partial charge < -0.3 is 24.2 Å². The Labute approximate surface area is 461 Å². The van der Waals surface area contributed by atoms with Gasteiger partial charge in [0.2, 0.25) is 0 Å². The number of rotatable bonds is 52. The number of hydrogen-bond acceptors (Lipinski definition) is 10. The van der Waals surface area contributed by atoms with Gasteiger partial charge in [-0.05, 0) is 116 Å². The number of carbonyl (C=O) groups is 3. The molecular formula is C64H103O11P. The van der Waals surface area contributed by atoms with E-state index in [0.29, 0.717) is 19.3 Å². The van der Waals surface area contributed by atoms with E-state index in [1.807, 2.05) is 18.2 Å². The molecule has 0 rings (SSSR count). The first-order chi connectivity index (χ1) is 37.2. The summed E-state index contributed by atoms with van der Waals surface area (Å²) in [5.41, 5.74) is 0. The van der Waals surface area contributed by atoms with Crippen molar-refractivity contribution in [1.82, 2.24) is 0 Å². The zero-order valence-electron chi connectivity index (χ0n) is 47.4. The summed E-state index contributed by atoms with van der Waals surface area (Å²) in [6, 6.07) is 0. The summed E-state index contributed by atoms with van der Waals surface area (Å²) in [5.74, 6) is -1.65. The molecule has 0 aromatic heterocycles. The summed E-state index contributed by atoms with van der Waals surface area (Å²) in [5, 5.41) is 9.80. The van der Waals surface area contributed by atoms with Crippen molar-refractivity contribution in [1.29, 1.82) is 0 Å². The Morgan fingerprint density at radius 3 is 1.16 bits per heavy atom. The van der Waals surface area contributed by atoms with Crippen LogP contribution in [0.25, 0.3) is 0 Å². The van der Waals surface area contributed by atoms with E-state index in [1.54, 1.807) is 6.08 Å². The molecule has 0 aromatic rings. The van der Waals surface area contributed by atoms with Crippen LogP contribution in [0, 0.1) is 0 Å². The van der Waals surface area contributed by atoms with E-state index >= 15 is 0 Å². The number of aliphatic hydroxyl groups excluding tert-OH is 1. The molecule has 0 heterocycles. The fraction of sp³-hybridized carbons (Fsp3) is 0.609. The summed E-state index contributed by atoms with van der Waals surface area (Å²) in [7, 11) is -4.79. The number of ether oxygens (including phenoxy) is 3. The van der Waals surface area contributed by atoms with Crippen LogP contribution >= 0.6 is 7.82 Å². The Morgan fingerprint density at radius 2 is 0.737 bits per heavy atom. The molecule has 0 fully saturated rings. The molecule has 0 aliphatic heterocycles. The molecule has 3 atom stereocenters. The van der Waals surface area contributed by atoms with Gasteiger partial charge in [-0.25, -0.2) is 4.57 Å². The highest BCUT2D eigenvalue weighted by atomic mass is 31.2. The maximum absolute atomic E-state index is 12.9. The fourth-order valence-electron chi connectivity index (χ4n) is 7.22. The van der Waals surface area contributed by atoms with Crippen LogP contribution in [0.2, 0.25) is 0 Å². The lowest BCUT2D eigenvalue weighted by atomic mass is 10.1. The Hall–Kier alpha value is -4.38. The molecule has 0 aliphatic rings. The molecule has 0 aliphatic carbocycles. The van der Waals surface area contributed by atoms with Gasteiger partial charge in [0.15, 0.2) is 6.10 Å².